The lowest BCUT2D eigenvalue weighted by atomic mass is 10.0. The van der Waals surface area contributed by atoms with E-state index in [4.69, 9.17) is 5.73 Å². The average Bonchev–Trinajstić information content (AvgIpc) is 2.56. The number of amides is 1. The lowest BCUT2D eigenvalue weighted by Gasteiger charge is -2.36. The average molecular weight is 327 g/mol. The van der Waals surface area contributed by atoms with Gasteiger partial charge in [-0.05, 0) is 68.7 Å². The second-order valence-electron chi connectivity index (χ2n) is 6.27. The highest BCUT2D eigenvalue weighted by atomic mass is 19.1. The fraction of sp³-hybridized carbons (Fsp3) is 0.316. The molecule has 1 atom stereocenters. The third-order valence-corrected chi connectivity index (χ3v) is 4.50. The van der Waals surface area contributed by atoms with E-state index in [0.29, 0.717) is 23.0 Å². The molecule has 2 aromatic carbocycles. The second kappa shape index (κ2) is 6.91. The van der Waals surface area contributed by atoms with E-state index < -0.39 is 0 Å². The summed E-state index contributed by atoms with van der Waals surface area (Å²) in [6.07, 6.45) is 3.60. The number of nitrogens with zero attached hydrogens (tertiary/aromatic N) is 1. The minimum atomic E-state index is -0.365. The summed E-state index contributed by atoms with van der Waals surface area (Å²) in [7, 11) is 0. The number of halogens is 1. The van der Waals surface area contributed by atoms with Crippen molar-refractivity contribution < 1.29 is 9.18 Å². The zero-order valence-electron chi connectivity index (χ0n) is 13.8. The second-order valence-corrected chi connectivity index (χ2v) is 6.27. The van der Waals surface area contributed by atoms with Gasteiger partial charge in [0, 0.05) is 23.8 Å². The molecule has 3 rings (SSSR count). The van der Waals surface area contributed by atoms with Crippen LogP contribution in [-0.2, 0) is 0 Å². The summed E-state index contributed by atoms with van der Waals surface area (Å²) in [4.78, 5) is 14.5. The van der Waals surface area contributed by atoms with E-state index >= 15 is 0 Å². The van der Waals surface area contributed by atoms with Crippen molar-refractivity contribution in [2.75, 3.05) is 22.5 Å². The molecular weight excluding hydrogens is 305 g/mol. The van der Waals surface area contributed by atoms with Crippen molar-refractivity contribution in [2.24, 2.45) is 0 Å². The molecule has 0 bridgehead atoms. The predicted molar refractivity (Wildman–Crippen MR) is 95.9 cm³/mol. The van der Waals surface area contributed by atoms with E-state index in [9.17, 15) is 9.18 Å². The summed E-state index contributed by atoms with van der Waals surface area (Å²) in [6, 6.07) is 11.5. The first-order valence-electron chi connectivity index (χ1n) is 8.27. The fourth-order valence-corrected chi connectivity index (χ4v) is 3.15. The van der Waals surface area contributed by atoms with Crippen molar-refractivity contribution >= 4 is 23.0 Å². The third kappa shape index (κ3) is 3.50. The zero-order valence-corrected chi connectivity index (χ0v) is 13.8. The number of piperidine rings is 1. The van der Waals surface area contributed by atoms with Crippen LogP contribution in [0, 0.1) is 5.82 Å². The number of benzene rings is 2. The van der Waals surface area contributed by atoms with Gasteiger partial charge in [-0.15, -0.1) is 0 Å². The summed E-state index contributed by atoms with van der Waals surface area (Å²) in [6.45, 7) is 3.22. The Labute approximate surface area is 141 Å². The number of nitrogens with two attached hydrogens (primary N) is 1. The largest absolute Gasteiger partial charge is 0.397 e. The van der Waals surface area contributed by atoms with Gasteiger partial charge in [0.2, 0.25) is 0 Å². The lowest BCUT2D eigenvalue weighted by Crippen LogP contribution is -2.37. The number of hydrogen-bond donors (Lipinski definition) is 2. The Morgan fingerprint density at radius 2 is 1.96 bits per heavy atom. The maximum absolute atomic E-state index is 12.9. The Balaban J connectivity index is 1.74. The monoisotopic (exact) mass is 327 g/mol. The Kier molecular flexibility index (Phi) is 4.69. The number of carbonyl (C=O) groups excluding carboxylic acids is 1. The van der Waals surface area contributed by atoms with Gasteiger partial charge in [0.1, 0.15) is 5.82 Å². The van der Waals surface area contributed by atoms with Crippen molar-refractivity contribution in [3.8, 4) is 0 Å². The standard InChI is InChI=1S/C19H22FN3O/c1-13-4-2-3-11-23(13)18-10-9-16(12-17(18)21)22-19(24)14-5-7-15(20)8-6-14/h5-10,12-13H,2-4,11,21H2,1H3,(H,22,24)/t13-/m1/s1. The van der Waals surface area contributed by atoms with Crippen molar-refractivity contribution in [3.05, 3.63) is 53.8 Å². The molecule has 0 aromatic heterocycles. The van der Waals surface area contributed by atoms with Crippen molar-refractivity contribution in [3.63, 3.8) is 0 Å². The molecule has 4 nitrogen and oxygen atoms in total. The molecule has 1 aliphatic heterocycles. The lowest BCUT2D eigenvalue weighted by molar-refractivity contribution is 0.102. The highest BCUT2D eigenvalue weighted by Crippen LogP contribution is 2.31. The summed E-state index contributed by atoms with van der Waals surface area (Å²) < 4.78 is 12.9. The first-order valence-corrected chi connectivity index (χ1v) is 8.27. The molecule has 1 heterocycles. The SMILES string of the molecule is C[C@@H]1CCCCN1c1ccc(NC(=O)c2ccc(F)cc2)cc1N. The number of nitrogens with one attached hydrogen (secondary N) is 1. The minimum Gasteiger partial charge on any atom is -0.397 e. The van der Waals surface area contributed by atoms with Crippen LogP contribution < -0.4 is 16.0 Å². The Bertz CT molecular complexity index is 730. The van der Waals surface area contributed by atoms with Crippen LogP contribution in [0.4, 0.5) is 21.5 Å². The molecule has 126 valence electrons. The molecule has 0 spiro atoms. The van der Waals surface area contributed by atoms with E-state index in [2.05, 4.69) is 17.1 Å². The number of anilines is 3. The van der Waals surface area contributed by atoms with Crippen LogP contribution in [0.2, 0.25) is 0 Å². The summed E-state index contributed by atoms with van der Waals surface area (Å²) in [5.41, 5.74) is 8.92. The van der Waals surface area contributed by atoms with Crippen molar-refractivity contribution in [1.82, 2.24) is 0 Å². The number of carbonyl (C=O) groups is 1. The van der Waals surface area contributed by atoms with E-state index in [1.807, 2.05) is 12.1 Å². The minimum absolute atomic E-state index is 0.284. The van der Waals surface area contributed by atoms with Crippen LogP contribution in [0.25, 0.3) is 0 Å². The topological polar surface area (TPSA) is 58.4 Å². The highest BCUT2D eigenvalue weighted by molar-refractivity contribution is 6.04. The molecule has 1 saturated heterocycles. The number of rotatable bonds is 3. The maximum atomic E-state index is 12.9. The van der Waals surface area contributed by atoms with Gasteiger partial charge in [-0.3, -0.25) is 4.79 Å². The maximum Gasteiger partial charge on any atom is 0.255 e. The number of hydrogen-bond acceptors (Lipinski definition) is 3. The zero-order chi connectivity index (χ0) is 17.1. The molecule has 1 aliphatic rings. The first kappa shape index (κ1) is 16.3. The predicted octanol–water partition coefficient (Wildman–Crippen LogP) is 4.04. The molecule has 0 aliphatic carbocycles. The molecular formula is C19H22FN3O. The first-order chi connectivity index (χ1) is 11.5. The van der Waals surface area contributed by atoms with Crippen molar-refractivity contribution in [1.29, 1.82) is 0 Å². The van der Waals surface area contributed by atoms with Crippen LogP contribution in [0.3, 0.4) is 0 Å². The quantitative estimate of drug-likeness (QED) is 0.837. The molecule has 5 heteroatoms. The molecule has 0 unspecified atom stereocenters. The third-order valence-electron chi connectivity index (χ3n) is 4.50. The van der Waals surface area contributed by atoms with Gasteiger partial charge >= 0.3 is 0 Å². The highest BCUT2D eigenvalue weighted by Gasteiger charge is 2.20. The van der Waals surface area contributed by atoms with Gasteiger partial charge in [-0.1, -0.05) is 0 Å². The smallest absolute Gasteiger partial charge is 0.255 e. The summed E-state index contributed by atoms with van der Waals surface area (Å²) >= 11 is 0. The van der Waals surface area contributed by atoms with E-state index in [-0.39, 0.29) is 11.7 Å². The van der Waals surface area contributed by atoms with Gasteiger partial charge in [0.25, 0.3) is 5.91 Å². The van der Waals surface area contributed by atoms with Crippen LogP contribution in [0.1, 0.15) is 36.5 Å². The Morgan fingerprint density at radius 3 is 2.62 bits per heavy atom. The Morgan fingerprint density at radius 1 is 1.21 bits per heavy atom. The van der Waals surface area contributed by atoms with Crippen LogP contribution in [0.15, 0.2) is 42.5 Å². The molecule has 1 fully saturated rings. The van der Waals surface area contributed by atoms with Crippen LogP contribution in [0.5, 0.6) is 0 Å². The van der Waals surface area contributed by atoms with E-state index in [1.54, 1.807) is 6.07 Å². The van der Waals surface area contributed by atoms with Gasteiger partial charge in [-0.25, -0.2) is 4.39 Å². The van der Waals surface area contributed by atoms with Gasteiger partial charge in [-0.2, -0.15) is 0 Å². The molecule has 0 saturated carbocycles. The number of nitrogen functional groups attached to an aromatic ring is 1. The van der Waals surface area contributed by atoms with E-state index in [1.165, 1.54) is 43.5 Å². The normalized spacial score (nSPS) is 17.6. The van der Waals surface area contributed by atoms with Crippen molar-refractivity contribution in [2.45, 2.75) is 32.2 Å². The molecule has 2 aromatic rings. The van der Waals surface area contributed by atoms with E-state index in [0.717, 1.165) is 12.2 Å². The summed E-state index contributed by atoms with van der Waals surface area (Å²) in [5.74, 6) is -0.649. The fourth-order valence-electron chi connectivity index (χ4n) is 3.15. The van der Waals surface area contributed by atoms with Gasteiger partial charge < -0.3 is 16.0 Å². The van der Waals surface area contributed by atoms with Gasteiger partial charge in [0.15, 0.2) is 0 Å². The Hall–Kier alpha value is -2.56. The molecule has 24 heavy (non-hydrogen) atoms. The molecule has 3 N–H and O–H groups in total. The van der Waals surface area contributed by atoms with Gasteiger partial charge in [0.05, 0.1) is 11.4 Å². The van der Waals surface area contributed by atoms with Crippen LogP contribution in [-0.4, -0.2) is 18.5 Å². The molecule has 1 amide bonds. The summed E-state index contributed by atoms with van der Waals surface area (Å²) in [5, 5.41) is 2.80. The molecule has 0 radical (unpaired) electrons. The van der Waals surface area contributed by atoms with Crippen LogP contribution >= 0.6 is 0 Å².